The summed E-state index contributed by atoms with van der Waals surface area (Å²) < 4.78 is 11.0. The van der Waals surface area contributed by atoms with E-state index in [-0.39, 0.29) is 31.0 Å². The Hall–Kier alpha value is -3.39. The second kappa shape index (κ2) is 10.7. The van der Waals surface area contributed by atoms with E-state index in [1.165, 1.54) is 0 Å². The number of alkyl carbamates (subject to hydrolysis) is 1. The van der Waals surface area contributed by atoms with Gasteiger partial charge >= 0.3 is 18.0 Å². The molecule has 1 heterocycles. The van der Waals surface area contributed by atoms with Gasteiger partial charge in [0.2, 0.25) is 0 Å². The number of carboxylic acids is 1. The predicted octanol–water partition coefficient (Wildman–Crippen LogP) is 4.03. The summed E-state index contributed by atoms with van der Waals surface area (Å²) in [5.74, 6) is -1.85. The van der Waals surface area contributed by atoms with Gasteiger partial charge in [0.15, 0.2) is 0 Å². The zero-order valence-corrected chi connectivity index (χ0v) is 21.0. The summed E-state index contributed by atoms with van der Waals surface area (Å²) in [5.41, 5.74) is 3.84. The summed E-state index contributed by atoms with van der Waals surface area (Å²) in [6.07, 6.45) is 0.675. The molecular weight excluding hydrogens is 460 g/mol. The van der Waals surface area contributed by atoms with Gasteiger partial charge in [0.05, 0.1) is 5.92 Å². The zero-order chi connectivity index (χ0) is 25.9. The monoisotopic (exact) mass is 494 g/mol. The molecule has 0 spiro atoms. The molecule has 2 aromatic rings. The van der Waals surface area contributed by atoms with E-state index < -0.39 is 23.7 Å². The standard InChI is InChI=1S/C28H34N2O6/c1-28(2,3)36-26(33)18-9-8-14-30(15-18)16-24(25(31)32)29-27(34)35-17-23-21-12-6-4-10-19(21)20-11-5-7-13-22(20)23/h4-7,10-13,18,23-24H,8-9,14-17H2,1-3H3,(H,29,34)(H,31,32)/t18?,24-/m0/s1. The van der Waals surface area contributed by atoms with E-state index in [2.05, 4.69) is 17.4 Å². The molecule has 0 saturated carbocycles. The van der Waals surface area contributed by atoms with Gasteiger partial charge in [0.25, 0.3) is 0 Å². The topological polar surface area (TPSA) is 105 Å². The van der Waals surface area contributed by atoms with Crippen molar-refractivity contribution < 1.29 is 29.0 Å². The molecule has 2 aliphatic rings. The molecule has 8 heteroatoms. The molecule has 0 radical (unpaired) electrons. The number of carbonyl (C=O) groups excluding carboxylic acids is 2. The lowest BCUT2D eigenvalue weighted by Gasteiger charge is -2.34. The molecule has 0 bridgehead atoms. The molecule has 0 aromatic heterocycles. The Morgan fingerprint density at radius 1 is 1.06 bits per heavy atom. The number of nitrogens with one attached hydrogen (secondary N) is 1. The van der Waals surface area contributed by atoms with Crippen LogP contribution in [0.1, 0.15) is 50.7 Å². The number of fused-ring (bicyclic) bond motifs is 3. The lowest BCUT2D eigenvalue weighted by atomic mass is 9.97. The lowest BCUT2D eigenvalue weighted by molar-refractivity contribution is -0.162. The number of likely N-dealkylation sites (tertiary alicyclic amines) is 1. The first-order valence-electron chi connectivity index (χ1n) is 12.4. The molecule has 4 rings (SSSR count). The normalized spacial score (nSPS) is 18.6. The summed E-state index contributed by atoms with van der Waals surface area (Å²) in [5, 5.41) is 12.2. The van der Waals surface area contributed by atoms with E-state index in [1.54, 1.807) is 0 Å². The molecule has 2 aromatic carbocycles. The fourth-order valence-corrected chi connectivity index (χ4v) is 5.02. The maximum absolute atomic E-state index is 12.6. The van der Waals surface area contributed by atoms with Gasteiger partial charge in [0, 0.05) is 19.0 Å². The predicted molar refractivity (Wildman–Crippen MR) is 135 cm³/mol. The van der Waals surface area contributed by atoms with Crippen LogP contribution in [0, 0.1) is 5.92 Å². The van der Waals surface area contributed by atoms with Crippen LogP contribution >= 0.6 is 0 Å². The average molecular weight is 495 g/mol. The second-order valence-corrected chi connectivity index (χ2v) is 10.5. The minimum absolute atomic E-state index is 0.0822. The number of benzene rings is 2. The molecule has 2 atom stereocenters. The third-order valence-electron chi connectivity index (χ3n) is 6.62. The van der Waals surface area contributed by atoms with Gasteiger partial charge in [-0.25, -0.2) is 9.59 Å². The molecule has 1 aliphatic heterocycles. The first-order chi connectivity index (χ1) is 17.1. The summed E-state index contributed by atoms with van der Waals surface area (Å²) in [7, 11) is 0. The number of hydrogen-bond donors (Lipinski definition) is 2. The number of piperidine rings is 1. The molecule has 8 nitrogen and oxygen atoms in total. The van der Waals surface area contributed by atoms with Crippen LogP contribution in [0.15, 0.2) is 48.5 Å². The lowest BCUT2D eigenvalue weighted by Crippen LogP contribution is -2.51. The molecule has 1 fully saturated rings. The van der Waals surface area contributed by atoms with Gasteiger partial charge in [0.1, 0.15) is 18.2 Å². The van der Waals surface area contributed by atoms with E-state index >= 15 is 0 Å². The van der Waals surface area contributed by atoms with Crippen molar-refractivity contribution in [3.8, 4) is 11.1 Å². The van der Waals surface area contributed by atoms with E-state index in [0.717, 1.165) is 28.7 Å². The first-order valence-corrected chi connectivity index (χ1v) is 12.4. The molecular formula is C28H34N2O6. The highest BCUT2D eigenvalue weighted by Gasteiger charge is 2.33. The Kier molecular flexibility index (Phi) is 7.64. The smallest absolute Gasteiger partial charge is 0.407 e. The number of esters is 1. The van der Waals surface area contributed by atoms with Crippen molar-refractivity contribution in [2.45, 2.75) is 51.2 Å². The summed E-state index contributed by atoms with van der Waals surface area (Å²) >= 11 is 0. The third kappa shape index (κ3) is 6.05. The largest absolute Gasteiger partial charge is 0.480 e. The Labute approximate surface area is 211 Å². The summed E-state index contributed by atoms with van der Waals surface area (Å²) in [4.78, 5) is 38.9. The third-order valence-corrected chi connectivity index (χ3v) is 6.62. The van der Waals surface area contributed by atoms with Crippen LogP contribution < -0.4 is 5.32 Å². The Bertz CT molecular complexity index is 1080. The van der Waals surface area contributed by atoms with E-state index in [0.29, 0.717) is 19.5 Å². The quantitative estimate of drug-likeness (QED) is 0.560. The van der Waals surface area contributed by atoms with Gasteiger partial charge in [-0.15, -0.1) is 0 Å². The van der Waals surface area contributed by atoms with Crippen molar-refractivity contribution >= 4 is 18.0 Å². The highest BCUT2D eigenvalue weighted by atomic mass is 16.6. The minimum atomic E-state index is -1.15. The van der Waals surface area contributed by atoms with Crippen molar-refractivity contribution in [1.29, 1.82) is 0 Å². The maximum Gasteiger partial charge on any atom is 0.407 e. The number of amides is 1. The van der Waals surface area contributed by atoms with Crippen molar-refractivity contribution in [3.05, 3.63) is 59.7 Å². The number of rotatable bonds is 7. The SMILES string of the molecule is CC(C)(C)OC(=O)C1CCCN(C[C@H](NC(=O)OCC2c3ccccc3-c3ccccc32)C(=O)O)C1. The molecule has 36 heavy (non-hydrogen) atoms. The average Bonchev–Trinajstić information content (AvgIpc) is 3.15. The van der Waals surface area contributed by atoms with Crippen molar-refractivity contribution in [3.63, 3.8) is 0 Å². The maximum atomic E-state index is 12.6. The van der Waals surface area contributed by atoms with Gasteiger partial charge in [-0.1, -0.05) is 48.5 Å². The highest BCUT2D eigenvalue weighted by Crippen LogP contribution is 2.44. The molecule has 192 valence electrons. The van der Waals surface area contributed by atoms with Gasteiger partial charge < -0.3 is 19.9 Å². The Morgan fingerprint density at radius 2 is 1.67 bits per heavy atom. The zero-order valence-electron chi connectivity index (χ0n) is 21.0. The molecule has 1 saturated heterocycles. The van der Waals surface area contributed by atoms with Crippen molar-refractivity contribution in [1.82, 2.24) is 10.2 Å². The Morgan fingerprint density at radius 3 is 2.25 bits per heavy atom. The van der Waals surface area contributed by atoms with Crippen LogP contribution in [0.3, 0.4) is 0 Å². The van der Waals surface area contributed by atoms with Gasteiger partial charge in [-0.05, 0) is 62.4 Å². The number of carboxylic acid groups (broad SMARTS) is 1. The van der Waals surface area contributed by atoms with E-state index in [9.17, 15) is 19.5 Å². The van der Waals surface area contributed by atoms with Crippen molar-refractivity contribution in [2.24, 2.45) is 5.92 Å². The van der Waals surface area contributed by atoms with E-state index in [4.69, 9.17) is 9.47 Å². The number of aliphatic carboxylic acids is 1. The van der Waals surface area contributed by atoms with Crippen LogP contribution in [-0.4, -0.2) is 65.9 Å². The van der Waals surface area contributed by atoms with Crippen LogP contribution in [0.2, 0.25) is 0 Å². The number of hydrogen-bond acceptors (Lipinski definition) is 6. The van der Waals surface area contributed by atoms with Crippen LogP contribution in [0.25, 0.3) is 11.1 Å². The Balaban J connectivity index is 1.34. The first kappa shape index (κ1) is 25.7. The number of carbonyl (C=O) groups is 3. The molecule has 1 unspecified atom stereocenters. The fourth-order valence-electron chi connectivity index (χ4n) is 5.02. The van der Waals surface area contributed by atoms with Gasteiger partial charge in [-0.2, -0.15) is 0 Å². The number of nitrogens with zero attached hydrogens (tertiary/aromatic N) is 1. The van der Waals surface area contributed by atoms with Crippen LogP contribution in [0.5, 0.6) is 0 Å². The minimum Gasteiger partial charge on any atom is -0.480 e. The van der Waals surface area contributed by atoms with Crippen molar-refractivity contribution in [2.75, 3.05) is 26.2 Å². The fraction of sp³-hybridized carbons (Fsp3) is 0.464. The van der Waals surface area contributed by atoms with Crippen LogP contribution in [-0.2, 0) is 19.1 Å². The van der Waals surface area contributed by atoms with E-state index in [1.807, 2.05) is 62.1 Å². The van der Waals surface area contributed by atoms with Gasteiger partial charge in [-0.3, -0.25) is 9.69 Å². The molecule has 1 amide bonds. The van der Waals surface area contributed by atoms with Crippen LogP contribution in [0.4, 0.5) is 4.79 Å². The molecule has 2 N–H and O–H groups in total. The summed E-state index contributed by atoms with van der Waals surface area (Å²) in [6.45, 7) is 6.70. The second-order valence-electron chi connectivity index (χ2n) is 10.5. The molecule has 1 aliphatic carbocycles. The summed E-state index contributed by atoms with van der Waals surface area (Å²) in [6, 6.07) is 14.9. The number of ether oxygens (including phenoxy) is 2. The highest BCUT2D eigenvalue weighted by molar-refractivity contribution is 5.81.